The minimum absolute atomic E-state index is 0.290. The molecule has 3 heteroatoms. The topological polar surface area (TPSA) is 15.3 Å². The number of thiophene rings is 1. The number of rotatable bonds is 3. The average Bonchev–Trinajstić information content (AvgIpc) is 3.02. The summed E-state index contributed by atoms with van der Waals surface area (Å²) >= 11 is 2.01. The lowest BCUT2D eigenvalue weighted by molar-refractivity contribution is 0.212. The molecule has 0 aromatic carbocycles. The molecule has 0 radical (unpaired) electrons. The Morgan fingerprint density at radius 2 is 2.10 bits per heavy atom. The molecule has 1 aromatic heterocycles. The Hall–Kier alpha value is -0.380. The first-order chi connectivity index (χ1) is 9.49. The molecule has 0 spiro atoms. The maximum atomic E-state index is 3.57. The van der Waals surface area contributed by atoms with Crippen LogP contribution in [0.1, 0.15) is 43.9 Å². The zero-order valence-corrected chi connectivity index (χ0v) is 14.1. The zero-order chi connectivity index (χ0) is 14.3. The van der Waals surface area contributed by atoms with Gasteiger partial charge in [0, 0.05) is 28.9 Å². The van der Waals surface area contributed by atoms with E-state index in [1.807, 2.05) is 11.3 Å². The first kappa shape index (κ1) is 14.6. The Bertz CT molecular complexity index is 460. The fourth-order valence-electron chi connectivity index (χ4n) is 3.92. The number of fused-ring (bicyclic) bond motifs is 1. The van der Waals surface area contributed by atoms with Crippen LogP contribution >= 0.6 is 11.3 Å². The van der Waals surface area contributed by atoms with Crippen LogP contribution < -0.4 is 5.32 Å². The van der Waals surface area contributed by atoms with E-state index in [1.165, 1.54) is 30.9 Å². The number of hydrogen-bond acceptors (Lipinski definition) is 3. The van der Waals surface area contributed by atoms with Gasteiger partial charge in [-0.2, -0.15) is 0 Å². The Labute approximate surface area is 127 Å². The third kappa shape index (κ3) is 2.68. The standard InChI is InChI=1S/C17H28N2S/c1-5-15-14-9-18-8-12(14)10-19(15)11-13-6-7-16(20-13)17(2,3)4/h6-7,12,14-15,18H,5,8-11H2,1-4H3. The van der Waals surface area contributed by atoms with Gasteiger partial charge in [-0.3, -0.25) is 4.90 Å². The van der Waals surface area contributed by atoms with Crippen LogP contribution in [-0.4, -0.2) is 30.6 Å². The molecule has 1 N–H and O–H groups in total. The van der Waals surface area contributed by atoms with E-state index in [-0.39, 0.29) is 0 Å². The zero-order valence-electron chi connectivity index (χ0n) is 13.3. The molecule has 1 aromatic rings. The molecular formula is C17H28N2S. The SMILES string of the molecule is CCC1C2CNCC2CN1Cc1ccc(C(C)(C)C)s1. The largest absolute Gasteiger partial charge is 0.316 e. The summed E-state index contributed by atoms with van der Waals surface area (Å²) in [5.74, 6) is 1.78. The smallest absolute Gasteiger partial charge is 0.0331 e. The van der Waals surface area contributed by atoms with Crippen LogP contribution in [0.15, 0.2) is 12.1 Å². The third-order valence-corrected chi connectivity index (χ3v) is 6.50. The fourth-order valence-corrected chi connectivity index (χ4v) is 5.01. The normalized spacial score (nSPS) is 30.9. The Morgan fingerprint density at radius 1 is 1.30 bits per heavy atom. The summed E-state index contributed by atoms with van der Waals surface area (Å²) in [6.45, 7) is 14.2. The van der Waals surface area contributed by atoms with Crippen molar-refractivity contribution in [2.24, 2.45) is 11.8 Å². The molecule has 3 atom stereocenters. The van der Waals surface area contributed by atoms with Crippen molar-refractivity contribution >= 4 is 11.3 Å². The van der Waals surface area contributed by atoms with Crippen LogP contribution in [-0.2, 0) is 12.0 Å². The van der Waals surface area contributed by atoms with E-state index in [0.717, 1.165) is 24.4 Å². The molecule has 0 saturated carbocycles. The van der Waals surface area contributed by atoms with Gasteiger partial charge in [0.1, 0.15) is 0 Å². The highest BCUT2D eigenvalue weighted by Crippen LogP contribution is 2.37. The molecule has 3 heterocycles. The van der Waals surface area contributed by atoms with Gasteiger partial charge < -0.3 is 5.32 Å². The van der Waals surface area contributed by atoms with E-state index in [4.69, 9.17) is 0 Å². The van der Waals surface area contributed by atoms with Crippen molar-refractivity contribution in [3.63, 3.8) is 0 Å². The minimum Gasteiger partial charge on any atom is -0.316 e. The first-order valence-corrected chi connectivity index (χ1v) is 8.84. The van der Waals surface area contributed by atoms with Gasteiger partial charge in [-0.05, 0) is 48.9 Å². The number of nitrogens with zero attached hydrogens (tertiary/aromatic N) is 1. The molecular weight excluding hydrogens is 264 g/mol. The molecule has 0 amide bonds. The van der Waals surface area contributed by atoms with E-state index in [2.05, 4.69) is 50.0 Å². The lowest BCUT2D eigenvalue weighted by Crippen LogP contribution is -2.34. The molecule has 112 valence electrons. The minimum atomic E-state index is 0.290. The van der Waals surface area contributed by atoms with E-state index in [0.29, 0.717) is 5.41 Å². The van der Waals surface area contributed by atoms with Crippen molar-refractivity contribution in [3.05, 3.63) is 21.9 Å². The van der Waals surface area contributed by atoms with Gasteiger partial charge in [-0.1, -0.05) is 27.7 Å². The van der Waals surface area contributed by atoms with Crippen molar-refractivity contribution < 1.29 is 0 Å². The molecule has 20 heavy (non-hydrogen) atoms. The maximum absolute atomic E-state index is 3.57. The predicted molar refractivity (Wildman–Crippen MR) is 87.4 cm³/mol. The second-order valence-corrected chi connectivity index (χ2v) is 8.67. The maximum Gasteiger partial charge on any atom is 0.0331 e. The number of hydrogen-bond donors (Lipinski definition) is 1. The second kappa shape index (κ2) is 5.43. The summed E-state index contributed by atoms with van der Waals surface area (Å²) < 4.78 is 0. The number of nitrogens with one attached hydrogen (secondary N) is 1. The Kier molecular flexibility index (Phi) is 3.95. The van der Waals surface area contributed by atoms with Crippen molar-refractivity contribution in [3.8, 4) is 0 Å². The van der Waals surface area contributed by atoms with Crippen molar-refractivity contribution in [2.45, 2.75) is 52.1 Å². The van der Waals surface area contributed by atoms with Gasteiger partial charge in [0.2, 0.25) is 0 Å². The van der Waals surface area contributed by atoms with Crippen LogP contribution in [0.3, 0.4) is 0 Å². The molecule has 2 aliphatic rings. The lowest BCUT2D eigenvalue weighted by atomic mass is 9.93. The molecule has 2 saturated heterocycles. The predicted octanol–water partition coefficient (Wildman–Crippen LogP) is 3.48. The van der Waals surface area contributed by atoms with Crippen LogP contribution in [0.2, 0.25) is 0 Å². The third-order valence-electron chi connectivity index (χ3n) is 5.00. The van der Waals surface area contributed by atoms with Crippen molar-refractivity contribution in [1.29, 1.82) is 0 Å². The highest BCUT2D eigenvalue weighted by Gasteiger charge is 2.42. The molecule has 3 rings (SSSR count). The summed E-state index contributed by atoms with van der Waals surface area (Å²) in [5, 5.41) is 3.57. The van der Waals surface area contributed by atoms with Crippen LogP contribution in [0.4, 0.5) is 0 Å². The van der Waals surface area contributed by atoms with Gasteiger partial charge in [0.25, 0.3) is 0 Å². The highest BCUT2D eigenvalue weighted by atomic mass is 32.1. The van der Waals surface area contributed by atoms with Gasteiger partial charge >= 0.3 is 0 Å². The Balaban J connectivity index is 1.70. The van der Waals surface area contributed by atoms with Crippen molar-refractivity contribution in [2.75, 3.05) is 19.6 Å². The van der Waals surface area contributed by atoms with Crippen LogP contribution in [0.5, 0.6) is 0 Å². The van der Waals surface area contributed by atoms with E-state index in [9.17, 15) is 0 Å². The fraction of sp³-hybridized carbons (Fsp3) is 0.765. The van der Waals surface area contributed by atoms with Gasteiger partial charge in [-0.25, -0.2) is 0 Å². The summed E-state index contributed by atoms with van der Waals surface area (Å²) in [6.07, 6.45) is 1.29. The van der Waals surface area contributed by atoms with Crippen LogP contribution in [0, 0.1) is 11.8 Å². The molecule has 0 aliphatic carbocycles. The quantitative estimate of drug-likeness (QED) is 0.917. The van der Waals surface area contributed by atoms with E-state index in [1.54, 1.807) is 4.88 Å². The second-order valence-electron chi connectivity index (χ2n) is 7.50. The Morgan fingerprint density at radius 3 is 2.75 bits per heavy atom. The van der Waals surface area contributed by atoms with Gasteiger partial charge in [0.05, 0.1) is 0 Å². The lowest BCUT2D eigenvalue weighted by Gasteiger charge is -2.26. The monoisotopic (exact) mass is 292 g/mol. The van der Waals surface area contributed by atoms with Crippen LogP contribution in [0.25, 0.3) is 0 Å². The highest BCUT2D eigenvalue weighted by molar-refractivity contribution is 7.12. The first-order valence-electron chi connectivity index (χ1n) is 8.03. The molecule has 2 aliphatic heterocycles. The average molecular weight is 292 g/mol. The summed E-state index contributed by atoms with van der Waals surface area (Å²) in [7, 11) is 0. The molecule has 2 fully saturated rings. The summed E-state index contributed by atoms with van der Waals surface area (Å²) in [4.78, 5) is 5.80. The van der Waals surface area contributed by atoms with E-state index >= 15 is 0 Å². The van der Waals surface area contributed by atoms with Gasteiger partial charge in [-0.15, -0.1) is 11.3 Å². The summed E-state index contributed by atoms with van der Waals surface area (Å²) in [6, 6.07) is 5.47. The molecule has 3 unspecified atom stereocenters. The summed E-state index contributed by atoms with van der Waals surface area (Å²) in [5.41, 5.74) is 0.290. The van der Waals surface area contributed by atoms with Crippen molar-refractivity contribution in [1.82, 2.24) is 10.2 Å². The molecule has 0 bridgehead atoms. The van der Waals surface area contributed by atoms with Gasteiger partial charge in [0.15, 0.2) is 0 Å². The molecule has 2 nitrogen and oxygen atoms in total. The van der Waals surface area contributed by atoms with E-state index < -0.39 is 0 Å². The number of likely N-dealkylation sites (tertiary alicyclic amines) is 1.